The fraction of sp³-hybridized carbons (Fsp3) is 0.294. The summed E-state index contributed by atoms with van der Waals surface area (Å²) in [4.78, 5) is 16.5. The summed E-state index contributed by atoms with van der Waals surface area (Å²) in [6, 6.07) is 8.57. The number of nitrogens with two attached hydrogens (primary N) is 1. The molecule has 0 aliphatic carbocycles. The molecule has 2 aromatic rings. The molecule has 1 amide bonds. The van der Waals surface area contributed by atoms with Gasteiger partial charge >= 0.3 is 0 Å². The van der Waals surface area contributed by atoms with E-state index in [2.05, 4.69) is 10.3 Å². The molecule has 0 aliphatic rings. The lowest BCUT2D eigenvalue weighted by Crippen LogP contribution is -2.27. The van der Waals surface area contributed by atoms with Gasteiger partial charge in [-0.05, 0) is 37.3 Å². The zero-order chi connectivity index (χ0) is 16.8. The number of rotatable bonds is 6. The third-order valence-corrected chi connectivity index (χ3v) is 3.54. The molecule has 1 unspecified atom stereocenters. The number of methoxy groups -OCH3 is 2. The maximum absolute atomic E-state index is 12.4. The number of ether oxygens (including phenoxy) is 2. The van der Waals surface area contributed by atoms with Crippen LogP contribution in [-0.4, -0.2) is 25.1 Å². The number of aromatic nitrogens is 1. The quantitative estimate of drug-likeness (QED) is 0.834. The van der Waals surface area contributed by atoms with Crippen LogP contribution in [0.1, 0.15) is 34.6 Å². The molecule has 24 heavy (non-hydrogen) atoms. The maximum Gasteiger partial charge on any atom is 0.251 e. The van der Waals surface area contributed by atoms with Gasteiger partial charge in [0.15, 0.2) is 0 Å². The van der Waals surface area contributed by atoms with Crippen LogP contribution in [-0.2, 0) is 6.54 Å². The second-order valence-electron chi connectivity index (χ2n) is 5.04. The van der Waals surface area contributed by atoms with Crippen molar-refractivity contribution in [1.82, 2.24) is 10.3 Å². The summed E-state index contributed by atoms with van der Waals surface area (Å²) < 4.78 is 10.6. The van der Waals surface area contributed by atoms with E-state index in [1.54, 1.807) is 32.5 Å². The predicted octanol–water partition coefficient (Wildman–Crippen LogP) is 2.47. The molecule has 130 valence electrons. The van der Waals surface area contributed by atoms with Crippen LogP contribution < -0.4 is 20.5 Å². The number of pyridine rings is 1. The van der Waals surface area contributed by atoms with Crippen molar-refractivity contribution in [2.24, 2.45) is 5.73 Å². The van der Waals surface area contributed by atoms with Crippen molar-refractivity contribution in [1.29, 1.82) is 0 Å². The molecular formula is C17H22ClN3O3. The van der Waals surface area contributed by atoms with Crippen molar-refractivity contribution >= 4 is 18.3 Å². The van der Waals surface area contributed by atoms with E-state index in [0.717, 1.165) is 5.56 Å². The predicted molar refractivity (Wildman–Crippen MR) is 94.8 cm³/mol. The summed E-state index contributed by atoms with van der Waals surface area (Å²) in [5.41, 5.74) is 7.59. The van der Waals surface area contributed by atoms with E-state index in [9.17, 15) is 4.79 Å². The van der Waals surface area contributed by atoms with Crippen molar-refractivity contribution in [2.75, 3.05) is 14.2 Å². The lowest BCUT2D eigenvalue weighted by molar-refractivity contribution is 0.0939. The largest absolute Gasteiger partial charge is 0.497 e. The van der Waals surface area contributed by atoms with E-state index in [1.807, 2.05) is 25.1 Å². The Kier molecular flexibility index (Phi) is 7.48. The Bertz CT molecular complexity index is 695. The number of nitrogens with one attached hydrogen (secondary N) is 1. The molecular weight excluding hydrogens is 330 g/mol. The number of hydrogen-bond acceptors (Lipinski definition) is 5. The van der Waals surface area contributed by atoms with Crippen LogP contribution in [0.4, 0.5) is 0 Å². The lowest BCUT2D eigenvalue weighted by atomic mass is 10.1. The van der Waals surface area contributed by atoms with Gasteiger partial charge in [-0.3, -0.25) is 9.78 Å². The number of carbonyl (C=O) groups excluding carboxylic acids is 1. The van der Waals surface area contributed by atoms with Crippen LogP contribution in [0.5, 0.6) is 11.5 Å². The summed E-state index contributed by atoms with van der Waals surface area (Å²) in [5, 5.41) is 2.95. The van der Waals surface area contributed by atoms with Crippen LogP contribution in [0.3, 0.4) is 0 Å². The number of nitrogens with zero attached hydrogens (tertiary/aromatic N) is 1. The lowest BCUT2D eigenvalue weighted by Gasteiger charge is -2.18. The van der Waals surface area contributed by atoms with E-state index >= 15 is 0 Å². The minimum atomic E-state index is -0.248. The summed E-state index contributed by atoms with van der Waals surface area (Å²) in [5.74, 6) is 1.20. The smallest absolute Gasteiger partial charge is 0.251 e. The highest BCUT2D eigenvalue weighted by Crippen LogP contribution is 2.29. The number of carbonyl (C=O) groups is 1. The monoisotopic (exact) mass is 351 g/mol. The highest BCUT2D eigenvalue weighted by Gasteiger charge is 2.16. The molecule has 0 radical (unpaired) electrons. The molecule has 2 rings (SSSR count). The van der Waals surface area contributed by atoms with Gasteiger partial charge in [0.2, 0.25) is 0 Å². The van der Waals surface area contributed by atoms with Gasteiger partial charge in [-0.2, -0.15) is 0 Å². The maximum atomic E-state index is 12.4. The number of halogens is 1. The van der Waals surface area contributed by atoms with Gasteiger partial charge in [-0.15, -0.1) is 12.4 Å². The number of benzene rings is 1. The Hall–Kier alpha value is -2.31. The Balaban J connectivity index is 0.00000288. The van der Waals surface area contributed by atoms with Crippen LogP contribution in [0.15, 0.2) is 36.5 Å². The van der Waals surface area contributed by atoms with Gasteiger partial charge < -0.3 is 20.5 Å². The van der Waals surface area contributed by atoms with E-state index in [1.165, 1.54) is 0 Å². The average Bonchev–Trinajstić information content (AvgIpc) is 2.60. The van der Waals surface area contributed by atoms with Crippen molar-refractivity contribution in [2.45, 2.75) is 19.5 Å². The summed E-state index contributed by atoms with van der Waals surface area (Å²) in [7, 11) is 3.19. The van der Waals surface area contributed by atoms with Crippen molar-refractivity contribution in [3.8, 4) is 11.5 Å². The van der Waals surface area contributed by atoms with Crippen LogP contribution in [0, 0.1) is 0 Å². The zero-order valence-corrected chi connectivity index (χ0v) is 14.7. The molecule has 6 nitrogen and oxygen atoms in total. The second kappa shape index (κ2) is 9.10. The first-order valence-corrected chi connectivity index (χ1v) is 7.26. The van der Waals surface area contributed by atoms with Crippen molar-refractivity contribution in [3.05, 3.63) is 53.3 Å². The topological polar surface area (TPSA) is 86.5 Å². The molecule has 0 fully saturated rings. The first kappa shape index (κ1) is 19.7. The molecule has 1 aromatic heterocycles. The fourth-order valence-corrected chi connectivity index (χ4v) is 2.27. The van der Waals surface area contributed by atoms with E-state index in [0.29, 0.717) is 29.3 Å². The van der Waals surface area contributed by atoms with Gasteiger partial charge in [-0.25, -0.2) is 0 Å². The minimum Gasteiger partial charge on any atom is -0.497 e. The molecule has 1 atom stereocenters. The molecule has 1 heterocycles. The highest BCUT2D eigenvalue weighted by atomic mass is 35.5. The molecule has 0 saturated heterocycles. The second-order valence-corrected chi connectivity index (χ2v) is 5.04. The number of hydrogen-bond donors (Lipinski definition) is 2. The van der Waals surface area contributed by atoms with Crippen LogP contribution >= 0.6 is 12.4 Å². The Morgan fingerprint density at radius 3 is 2.62 bits per heavy atom. The summed E-state index contributed by atoms with van der Waals surface area (Å²) >= 11 is 0. The van der Waals surface area contributed by atoms with Gasteiger partial charge in [-0.1, -0.05) is 0 Å². The fourth-order valence-electron chi connectivity index (χ4n) is 2.27. The number of amides is 1. The van der Waals surface area contributed by atoms with E-state index in [4.69, 9.17) is 15.2 Å². The Morgan fingerprint density at radius 1 is 1.25 bits per heavy atom. The molecule has 1 aromatic carbocycles. The first-order valence-electron chi connectivity index (χ1n) is 7.26. The average molecular weight is 352 g/mol. The molecule has 3 N–H and O–H groups in total. The summed E-state index contributed by atoms with van der Waals surface area (Å²) in [6.07, 6.45) is 1.58. The van der Waals surface area contributed by atoms with Gasteiger partial charge in [0.25, 0.3) is 5.91 Å². The minimum absolute atomic E-state index is 0. The van der Waals surface area contributed by atoms with Crippen LogP contribution in [0.25, 0.3) is 0 Å². The third kappa shape index (κ3) is 4.59. The SMILES string of the molecule is COc1ccc(OC)c(C(C)NC(=O)c2ccnc(CN)c2)c1.Cl. The molecule has 0 saturated carbocycles. The molecule has 7 heteroatoms. The van der Waals surface area contributed by atoms with Crippen molar-refractivity contribution in [3.63, 3.8) is 0 Å². The normalized spacial score (nSPS) is 11.2. The van der Waals surface area contributed by atoms with Crippen molar-refractivity contribution < 1.29 is 14.3 Å². The third-order valence-electron chi connectivity index (χ3n) is 3.54. The molecule has 0 spiro atoms. The van der Waals surface area contributed by atoms with E-state index in [-0.39, 0.29) is 24.4 Å². The van der Waals surface area contributed by atoms with E-state index < -0.39 is 0 Å². The zero-order valence-electron chi connectivity index (χ0n) is 13.9. The van der Waals surface area contributed by atoms with Gasteiger partial charge in [0.05, 0.1) is 26.0 Å². The highest BCUT2D eigenvalue weighted by molar-refractivity contribution is 5.94. The van der Waals surface area contributed by atoms with Gasteiger partial charge in [0, 0.05) is 23.9 Å². The van der Waals surface area contributed by atoms with Crippen LogP contribution in [0.2, 0.25) is 0 Å². The first-order chi connectivity index (χ1) is 11.1. The Labute approximate surface area is 147 Å². The Morgan fingerprint density at radius 2 is 2.00 bits per heavy atom. The standard InChI is InChI=1S/C17H21N3O3.ClH/c1-11(15-9-14(22-2)4-5-16(15)23-3)20-17(21)12-6-7-19-13(8-12)10-18;/h4-9,11H,10,18H2,1-3H3,(H,20,21);1H. The summed E-state index contributed by atoms with van der Waals surface area (Å²) in [6.45, 7) is 2.18. The molecule has 0 bridgehead atoms. The van der Waals surface area contributed by atoms with Gasteiger partial charge in [0.1, 0.15) is 11.5 Å². The molecule has 0 aliphatic heterocycles.